The highest BCUT2D eigenvalue weighted by atomic mass is 79.9. The minimum Gasteiger partial charge on any atom is -0.444 e. The number of rotatable bonds is 3. The fraction of sp³-hybridized carbons (Fsp3) is 0.391. The molecule has 1 saturated heterocycles. The van der Waals surface area contributed by atoms with Crippen LogP contribution in [0.4, 0.5) is 10.7 Å². The molecule has 0 saturated carbocycles. The Morgan fingerprint density at radius 1 is 1.03 bits per heavy atom. The van der Waals surface area contributed by atoms with Crippen molar-refractivity contribution in [3.63, 3.8) is 0 Å². The van der Waals surface area contributed by atoms with Gasteiger partial charge in [-0.3, -0.25) is 0 Å². The van der Waals surface area contributed by atoms with E-state index < -0.39 is 5.60 Å². The molecule has 1 aromatic heterocycles. The van der Waals surface area contributed by atoms with E-state index in [1.165, 1.54) is 5.56 Å². The van der Waals surface area contributed by atoms with Gasteiger partial charge in [0, 0.05) is 30.7 Å². The zero-order chi connectivity index (χ0) is 21.3. The number of imidazole rings is 1. The van der Waals surface area contributed by atoms with Gasteiger partial charge >= 0.3 is 6.09 Å². The summed E-state index contributed by atoms with van der Waals surface area (Å²) in [5, 5.41) is 0. The third-order valence-corrected chi connectivity index (χ3v) is 5.63. The third-order valence-electron chi connectivity index (χ3n) is 5.10. The number of hydrogen-bond acceptors (Lipinski definition) is 4. The molecule has 0 unspecified atom stereocenters. The minimum absolute atomic E-state index is 0.245. The molecule has 6 nitrogen and oxygen atoms in total. The fourth-order valence-corrected chi connectivity index (χ4v) is 3.91. The number of halogens is 1. The highest BCUT2D eigenvalue weighted by Crippen LogP contribution is 2.26. The van der Waals surface area contributed by atoms with Gasteiger partial charge in [-0.2, -0.15) is 0 Å². The summed E-state index contributed by atoms with van der Waals surface area (Å²) in [4.78, 5) is 21.4. The lowest BCUT2D eigenvalue weighted by Gasteiger charge is -2.36. The van der Waals surface area contributed by atoms with Crippen LogP contribution in [0.3, 0.4) is 0 Å². The van der Waals surface area contributed by atoms with Crippen LogP contribution in [0.2, 0.25) is 0 Å². The molecule has 158 valence electrons. The van der Waals surface area contributed by atoms with Crippen molar-refractivity contribution < 1.29 is 9.53 Å². The topological polar surface area (TPSA) is 50.6 Å². The Morgan fingerprint density at radius 2 is 1.70 bits per heavy atom. The average molecular weight is 471 g/mol. The number of amides is 1. The van der Waals surface area contributed by atoms with E-state index in [-0.39, 0.29) is 6.09 Å². The Balaban J connectivity index is 1.56. The number of nitrogens with zero attached hydrogens (tertiary/aromatic N) is 4. The van der Waals surface area contributed by atoms with Gasteiger partial charge in [-0.25, -0.2) is 9.78 Å². The van der Waals surface area contributed by atoms with Crippen molar-refractivity contribution >= 4 is 39.0 Å². The number of benzene rings is 2. The molecule has 30 heavy (non-hydrogen) atoms. The number of carbonyl (C=O) groups is 1. The second kappa shape index (κ2) is 8.30. The number of ether oxygens (including phenoxy) is 1. The van der Waals surface area contributed by atoms with Gasteiger partial charge in [-0.15, -0.1) is 0 Å². The van der Waals surface area contributed by atoms with E-state index in [0.29, 0.717) is 13.1 Å². The Labute approximate surface area is 185 Å². The number of para-hydroxylation sites is 2. The molecule has 7 heteroatoms. The highest BCUT2D eigenvalue weighted by molar-refractivity contribution is 9.10. The lowest BCUT2D eigenvalue weighted by Crippen LogP contribution is -2.50. The summed E-state index contributed by atoms with van der Waals surface area (Å²) in [6.07, 6.45) is -0.245. The molecule has 1 fully saturated rings. The maximum Gasteiger partial charge on any atom is 0.410 e. The largest absolute Gasteiger partial charge is 0.444 e. The molecule has 0 N–H and O–H groups in total. The van der Waals surface area contributed by atoms with Crippen LogP contribution >= 0.6 is 15.9 Å². The van der Waals surface area contributed by atoms with Gasteiger partial charge in [0.05, 0.1) is 17.6 Å². The van der Waals surface area contributed by atoms with Gasteiger partial charge in [0.25, 0.3) is 0 Å². The molecule has 2 heterocycles. The predicted molar refractivity (Wildman–Crippen MR) is 123 cm³/mol. The van der Waals surface area contributed by atoms with E-state index in [4.69, 9.17) is 9.72 Å². The second-order valence-corrected chi connectivity index (χ2v) is 9.48. The third kappa shape index (κ3) is 4.61. The summed E-state index contributed by atoms with van der Waals surface area (Å²) in [6.45, 7) is 9.12. The van der Waals surface area contributed by atoms with E-state index in [2.05, 4.69) is 55.7 Å². The molecule has 0 spiro atoms. The van der Waals surface area contributed by atoms with Gasteiger partial charge in [0.15, 0.2) is 0 Å². The normalized spacial score (nSPS) is 14.9. The summed E-state index contributed by atoms with van der Waals surface area (Å²) in [6, 6.07) is 16.6. The fourth-order valence-electron chi connectivity index (χ4n) is 3.65. The smallest absolute Gasteiger partial charge is 0.410 e. The number of aromatic nitrogens is 2. The maximum atomic E-state index is 12.4. The van der Waals surface area contributed by atoms with E-state index in [1.807, 2.05) is 39.0 Å². The zero-order valence-electron chi connectivity index (χ0n) is 17.6. The number of hydrogen-bond donors (Lipinski definition) is 0. The highest BCUT2D eigenvalue weighted by Gasteiger charge is 2.28. The van der Waals surface area contributed by atoms with Crippen LogP contribution in [0.25, 0.3) is 11.0 Å². The van der Waals surface area contributed by atoms with Gasteiger partial charge < -0.3 is 19.1 Å². The summed E-state index contributed by atoms with van der Waals surface area (Å²) in [5.74, 6) is 0.947. The monoisotopic (exact) mass is 470 g/mol. The molecule has 1 aliphatic heterocycles. The van der Waals surface area contributed by atoms with Crippen molar-refractivity contribution in [1.29, 1.82) is 0 Å². The summed E-state index contributed by atoms with van der Waals surface area (Å²) < 4.78 is 8.86. The molecule has 0 radical (unpaired) electrons. The van der Waals surface area contributed by atoms with Crippen LogP contribution in [0, 0.1) is 0 Å². The molecule has 4 rings (SSSR count). The van der Waals surface area contributed by atoms with Gasteiger partial charge in [0.2, 0.25) is 5.95 Å². The average Bonchev–Trinajstić information content (AvgIpc) is 3.07. The maximum absolute atomic E-state index is 12.4. The van der Waals surface area contributed by atoms with Crippen LogP contribution in [-0.2, 0) is 11.3 Å². The molecular formula is C23H27BrN4O2. The predicted octanol–water partition coefficient (Wildman–Crippen LogP) is 4.90. The van der Waals surface area contributed by atoms with Crippen LogP contribution in [-0.4, -0.2) is 52.3 Å². The van der Waals surface area contributed by atoms with Crippen molar-refractivity contribution in [1.82, 2.24) is 14.5 Å². The standard InChI is InChI=1S/C23H27BrN4O2/c1-23(2,3)30-22(29)27-14-12-26(13-15-27)21-25-19-6-4-5-7-20(19)28(21)16-17-8-10-18(24)11-9-17/h4-11H,12-16H2,1-3H3. The van der Waals surface area contributed by atoms with Gasteiger partial charge in [-0.1, -0.05) is 40.2 Å². The summed E-state index contributed by atoms with van der Waals surface area (Å²) >= 11 is 3.51. The molecule has 0 atom stereocenters. The SMILES string of the molecule is CC(C)(C)OC(=O)N1CCN(c2nc3ccccc3n2Cc2ccc(Br)cc2)CC1. The molecule has 1 aliphatic rings. The number of fused-ring (bicyclic) bond motifs is 1. The number of anilines is 1. The number of carbonyl (C=O) groups excluding carboxylic acids is 1. The molecule has 0 bridgehead atoms. The lowest BCUT2D eigenvalue weighted by atomic mass is 10.2. The summed E-state index contributed by atoms with van der Waals surface area (Å²) in [7, 11) is 0. The second-order valence-electron chi connectivity index (χ2n) is 8.57. The first kappa shape index (κ1) is 20.7. The first-order chi connectivity index (χ1) is 14.3. The lowest BCUT2D eigenvalue weighted by molar-refractivity contribution is 0.0240. The Hall–Kier alpha value is -2.54. The molecule has 3 aromatic rings. The van der Waals surface area contributed by atoms with Crippen molar-refractivity contribution in [2.75, 3.05) is 31.1 Å². The van der Waals surface area contributed by atoms with Crippen LogP contribution in [0.5, 0.6) is 0 Å². The van der Waals surface area contributed by atoms with Crippen LogP contribution < -0.4 is 4.90 Å². The zero-order valence-corrected chi connectivity index (χ0v) is 19.2. The molecule has 1 amide bonds. The van der Waals surface area contributed by atoms with E-state index in [0.717, 1.165) is 41.1 Å². The van der Waals surface area contributed by atoms with Crippen molar-refractivity contribution in [3.8, 4) is 0 Å². The molecular weight excluding hydrogens is 444 g/mol. The molecule has 2 aromatic carbocycles. The summed E-state index contributed by atoms with van der Waals surface area (Å²) in [5.41, 5.74) is 2.84. The first-order valence-corrected chi connectivity index (χ1v) is 11.0. The Morgan fingerprint density at radius 3 is 2.37 bits per heavy atom. The van der Waals surface area contributed by atoms with Crippen molar-refractivity contribution in [2.45, 2.75) is 32.9 Å². The molecule has 0 aliphatic carbocycles. The minimum atomic E-state index is -0.479. The van der Waals surface area contributed by atoms with Crippen molar-refractivity contribution in [2.24, 2.45) is 0 Å². The van der Waals surface area contributed by atoms with Crippen LogP contribution in [0.1, 0.15) is 26.3 Å². The first-order valence-electron chi connectivity index (χ1n) is 10.2. The van der Waals surface area contributed by atoms with E-state index in [9.17, 15) is 4.79 Å². The van der Waals surface area contributed by atoms with E-state index in [1.54, 1.807) is 4.90 Å². The Bertz CT molecular complexity index is 1030. The quantitative estimate of drug-likeness (QED) is 0.545. The number of piperazine rings is 1. The Kier molecular flexibility index (Phi) is 5.73. The van der Waals surface area contributed by atoms with Crippen LogP contribution in [0.15, 0.2) is 53.0 Å². The van der Waals surface area contributed by atoms with Gasteiger partial charge in [0.1, 0.15) is 5.60 Å². The van der Waals surface area contributed by atoms with Gasteiger partial charge in [-0.05, 0) is 50.6 Å². The van der Waals surface area contributed by atoms with Crippen molar-refractivity contribution in [3.05, 3.63) is 58.6 Å². The van der Waals surface area contributed by atoms with E-state index >= 15 is 0 Å².